The summed E-state index contributed by atoms with van der Waals surface area (Å²) in [6.07, 6.45) is -4.80. The molecule has 154 valence electrons. The number of halogens is 3. The summed E-state index contributed by atoms with van der Waals surface area (Å²) in [5.74, 6) is -2.98. The van der Waals surface area contributed by atoms with E-state index in [2.05, 4.69) is 10.1 Å². The molecule has 29 heavy (non-hydrogen) atoms. The largest absolute Gasteiger partial charge is 0.497 e. The Morgan fingerprint density at radius 2 is 1.83 bits per heavy atom. The van der Waals surface area contributed by atoms with Crippen molar-refractivity contribution in [1.29, 1.82) is 0 Å². The molecule has 9 heteroatoms. The molecule has 1 amide bonds. The predicted octanol–water partition coefficient (Wildman–Crippen LogP) is 2.90. The molecular formula is C20H18F3NO5. The third-order valence-electron chi connectivity index (χ3n) is 4.97. The number of aliphatic hydroxyl groups is 1. The molecule has 0 aromatic heterocycles. The molecule has 2 aromatic carbocycles. The first kappa shape index (κ1) is 20.7. The average Bonchev–Trinajstić information content (AvgIpc) is 2.81. The average molecular weight is 409 g/mol. The monoisotopic (exact) mass is 409 g/mol. The van der Waals surface area contributed by atoms with E-state index in [4.69, 9.17) is 4.74 Å². The van der Waals surface area contributed by atoms with Crippen LogP contribution in [0.4, 0.5) is 18.9 Å². The fourth-order valence-electron chi connectivity index (χ4n) is 3.39. The van der Waals surface area contributed by atoms with Crippen LogP contribution >= 0.6 is 0 Å². The molecule has 0 fully saturated rings. The third-order valence-corrected chi connectivity index (χ3v) is 4.97. The van der Waals surface area contributed by atoms with Crippen LogP contribution in [0.3, 0.4) is 0 Å². The highest BCUT2D eigenvalue weighted by Gasteiger charge is 2.54. The quantitative estimate of drug-likeness (QED) is 0.602. The van der Waals surface area contributed by atoms with Crippen molar-refractivity contribution in [3.63, 3.8) is 0 Å². The number of carbonyl (C=O) groups excluding carboxylic acids is 2. The van der Waals surface area contributed by atoms with Gasteiger partial charge in [-0.25, -0.2) is 4.79 Å². The van der Waals surface area contributed by atoms with Gasteiger partial charge in [0, 0.05) is 11.6 Å². The number of benzene rings is 2. The minimum absolute atomic E-state index is 0.0846. The first-order valence-corrected chi connectivity index (χ1v) is 8.57. The minimum Gasteiger partial charge on any atom is -0.497 e. The molecule has 2 atom stereocenters. The number of ether oxygens (including phenoxy) is 2. The van der Waals surface area contributed by atoms with Gasteiger partial charge in [-0.15, -0.1) is 0 Å². The van der Waals surface area contributed by atoms with Crippen molar-refractivity contribution < 1.29 is 37.3 Å². The van der Waals surface area contributed by atoms with Crippen LogP contribution in [0.5, 0.6) is 5.75 Å². The maximum absolute atomic E-state index is 13.1. The highest BCUT2D eigenvalue weighted by atomic mass is 19.4. The van der Waals surface area contributed by atoms with Crippen LogP contribution in [-0.4, -0.2) is 36.8 Å². The summed E-state index contributed by atoms with van der Waals surface area (Å²) in [5, 5.41) is 13.4. The van der Waals surface area contributed by atoms with Crippen LogP contribution in [-0.2, 0) is 26.9 Å². The van der Waals surface area contributed by atoms with Gasteiger partial charge >= 0.3 is 12.1 Å². The van der Waals surface area contributed by atoms with Crippen molar-refractivity contribution in [1.82, 2.24) is 0 Å². The minimum atomic E-state index is -4.58. The maximum Gasteiger partial charge on any atom is 0.416 e. The smallest absolute Gasteiger partial charge is 0.416 e. The van der Waals surface area contributed by atoms with Crippen molar-refractivity contribution in [2.75, 3.05) is 19.5 Å². The molecule has 6 nitrogen and oxygen atoms in total. The Morgan fingerprint density at radius 3 is 2.38 bits per heavy atom. The fraction of sp³-hybridized carbons (Fsp3) is 0.300. The van der Waals surface area contributed by atoms with Gasteiger partial charge in [-0.2, -0.15) is 13.2 Å². The van der Waals surface area contributed by atoms with E-state index in [9.17, 15) is 27.9 Å². The van der Waals surface area contributed by atoms with E-state index in [1.165, 1.54) is 19.2 Å². The number of methoxy groups -OCH3 is 2. The summed E-state index contributed by atoms with van der Waals surface area (Å²) in [6, 6.07) is 9.00. The lowest BCUT2D eigenvalue weighted by Gasteiger charge is -2.30. The van der Waals surface area contributed by atoms with Gasteiger partial charge in [0.2, 0.25) is 5.60 Å². The second kappa shape index (κ2) is 7.40. The van der Waals surface area contributed by atoms with Gasteiger partial charge in [0.15, 0.2) is 0 Å². The van der Waals surface area contributed by atoms with Gasteiger partial charge in [-0.3, -0.25) is 4.79 Å². The van der Waals surface area contributed by atoms with Gasteiger partial charge in [0.25, 0.3) is 5.91 Å². The Morgan fingerprint density at radius 1 is 1.17 bits per heavy atom. The zero-order valence-electron chi connectivity index (χ0n) is 15.5. The second-order valence-corrected chi connectivity index (χ2v) is 6.61. The second-order valence-electron chi connectivity index (χ2n) is 6.61. The van der Waals surface area contributed by atoms with Gasteiger partial charge in [-0.1, -0.05) is 12.1 Å². The summed E-state index contributed by atoms with van der Waals surface area (Å²) < 4.78 is 49.2. The molecule has 0 spiro atoms. The van der Waals surface area contributed by atoms with Crippen LogP contribution in [0.1, 0.15) is 22.6 Å². The topological polar surface area (TPSA) is 84.9 Å². The SMILES string of the molecule is COC(=O)C1(O)C(=O)Nc2ccc(C(F)(F)F)cc2CC1c1ccc(OC)cc1. The first-order valence-electron chi connectivity index (χ1n) is 8.57. The maximum atomic E-state index is 13.1. The summed E-state index contributed by atoms with van der Waals surface area (Å²) >= 11 is 0. The lowest BCUT2D eigenvalue weighted by molar-refractivity contribution is -0.169. The summed E-state index contributed by atoms with van der Waals surface area (Å²) in [5.41, 5.74) is -2.96. The number of anilines is 1. The van der Waals surface area contributed by atoms with Crippen LogP contribution in [0.2, 0.25) is 0 Å². The molecular weight excluding hydrogens is 391 g/mol. The number of alkyl halides is 3. The number of rotatable bonds is 3. The Kier molecular flexibility index (Phi) is 5.27. The summed E-state index contributed by atoms with van der Waals surface area (Å²) in [4.78, 5) is 25.2. The number of nitrogens with one attached hydrogen (secondary N) is 1. The number of hydrogen-bond donors (Lipinski definition) is 2. The van der Waals surface area contributed by atoms with E-state index in [1.54, 1.807) is 12.1 Å². The zero-order chi connectivity index (χ0) is 21.4. The molecule has 2 unspecified atom stereocenters. The van der Waals surface area contributed by atoms with Gasteiger partial charge in [0.1, 0.15) is 5.75 Å². The van der Waals surface area contributed by atoms with Crippen molar-refractivity contribution in [2.24, 2.45) is 0 Å². The fourth-order valence-corrected chi connectivity index (χ4v) is 3.39. The number of fused-ring (bicyclic) bond motifs is 1. The summed E-state index contributed by atoms with van der Waals surface area (Å²) in [7, 11) is 2.46. The predicted molar refractivity (Wildman–Crippen MR) is 96.5 cm³/mol. The van der Waals surface area contributed by atoms with Crippen molar-refractivity contribution >= 4 is 17.6 Å². The number of amides is 1. The van der Waals surface area contributed by atoms with Gasteiger partial charge in [-0.05, 0) is 47.9 Å². The molecule has 0 bridgehead atoms. The number of carbonyl (C=O) groups is 2. The van der Waals surface area contributed by atoms with Crippen molar-refractivity contribution in [3.8, 4) is 5.75 Å². The molecule has 3 rings (SSSR count). The van der Waals surface area contributed by atoms with Crippen LogP contribution in [0.15, 0.2) is 42.5 Å². The third kappa shape index (κ3) is 3.65. The molecule has 0 radical (unpaired) electrons. The zero-order valence-corrected chi connectivity index (χ0v) is 15.5. The lowest BCUT2D eigenvalue weighted by atomic mass is 9.78. The molecule has 1 heterocycles. The van der Waals surface area contributed by atoms with E-state index < -0.39 is 35.1 Å². The Bertz CT molecular complexity index is 942. The lowest BCUT2D eigenvalue weighted by Crippen LogP contribution is -2.54. The van der Waals surface area contributed by atoms with E-state index in [0.717, 1.165) is 25.3 Å². The molecule has 0 saturated heterocycles. The normalized spacial score (nSPS) is 21.6. The highest BCUT2D eigenvalue weighted by Crippen LogP contribution is 2.41. The van der Waals surface area contributed by atoms with E-state index in [1.807, 2.05) is 0 Å². The standard InChI is InChI=1S/C20H18F3NO5/c1-28-14-6-3-11(4-7-14)15-10-12-9-13(20(21,22)23)5-8-16(12)24-17(25)19(15,27)18(26)29-2/h3-9,15,27H,10H2,1-2H3,(H,24,25). The highest BCUT2D eigenvalue weighted by molar-refractivity contribution is 6.13. The van der Waals surface area contributed by atoms with Crippen LogP contribution in [0.25, 0.3) is 0 Å². The Hall–Kier alpha value is -3.07. The van der Waals surface area contributed by atoms with Crippen LogP contribution < -0.4 is 10.1 Å². The molecule has 0 aliphatic carbocycles. The Labute approximate surface area is 164 Å². The number of esters is 1. The van der Waals surface area contributed by atoms with E-state index in [-0.39, 0.29) is 17.7 Å². The van der Waals surface area contributed by atoms with E-state index >= 15 is 0 Å². The molecule has 0 saturated carbocycles. The van der Waals surface area contributed by atoms with Crippen molar-refractivity contribution in [2.45, 2.75) is 24.1 Å². The van der Waals surface area contributed by atoms with Gasteiger partial charge < -0.3 is 19.9 Å². The van der Waals surface area contributed by atoms with Crippen LogP contribution in [0, 0.1) is 0 Å². The van der Waals surface area contributed by atoms with Crippen molar-refractivity contribution in [3.05, 3.63) is 59.2 Å². The number of hydrogen-bond acceptors (Lipinski definition) is 5. The molecule has 2 aromatic rings. The Balaban J connectivity index is 2.16. The molecule has 1 aliphatic rings. The molecule has 2 N–H and O–H groups in total. The van der Waals surface area contributed by atoms with Gasteiger partial charge in [0.05, 0.1) is 19.8 Å². The van der Waals surface area contributed by atoms with E-state index in [0.29, 0.717) is 11.3 Å². The first-order chi connectivity index (χ1) is 13.6. The summed E-state index contributed by atoms with van der Waals surface area (Å²) in [6.45, 7) is 0. The molecule has 1 aliphatic heterocycles.